The first-order chi connectivity index (χ1) is 11.3. The largest absolute Gasteiger partial charge is 0.466 e. The second kappa shape index (κ2) is 9.07. The Labute approximate surface area is 148 Å². The Bertz CT molecular complexity index is 660. The van der Waals surface area contributed by atoms with E-state index in [1.807, 2.05) is 0 Å². The summed E-state index contributed by atoms with van der Waals surface area (Å²) in [6, 6.07) is 3.17. The molecular weight excluding hydrogens is 382 g/mol. The monoisotopic (exact) mass is 399 g/mol. The average molecular weight is 400 g/mol. The van der Waals surface area contributed by atoms with Gasteiger partial charge in [0.05, 0.1) is 38.2 Å². The summed E-state index contributed by atoms with van der Waals surface area (Å²) in [7, 11) is 2.39. The van der Waals surface area contributed by atoms with Gasteiger partial charge in [0, 0.05) is 4.47 Å². The molecule has 0 saturated heterocycles. The second-order valence-electron chi connectivity index (χ2n) is 4.57. The van der Waals surface area contributed by atoms with Crippen molar-refractivity contribution in [2.24, 2.45) is 0 Å². The van der Waals surface area contributed by atoms with Crippen LogP contribution in [0, 0.1) is 6.92 Å². The molecule has 0 fully saturated rings. The lowest BCUT2D eigenvalue weighted by molar-refractivity contribution is -0.138. The summed E-state index contributed by atoms with van der Waals surface area (Å²) in [5.41, 5.74) is 1.43. The van der Waals surface area contributed by atoms with Crippen molar-refractivity contribution in [2.45, 2.75) is 13.8 Å². The van der Waals surface area contributed by atoms with Crippen LogP contribution in [0.3, 0.4) is 0 Å². The molecule has 7 nitrogen and oxygen atoms in total. The molecule has 0 aliphatic carbocycles. The van der Waals surface area contributed by atoms with Gasteiger partial charge in [-0.25, -0.2) is 14.4 Å². The van der Waals surface area contributed by atoms with Gasteiger partial charge in [0.2, 0.25) is 0 Å². The maximum absolute atomic E-state index is 11.8. The van der Waals surface area contributed by atoms with Crippen molar-refractivity contribution in [1.29, 1.82) is 0 Å². The van der Waals surface area contributed by atoms with E-state index in [4.69, 9.17) is 4.74 Å². The number of esters is 3. The first kappa shape index (κ1) is 19.7. The van der Waals surface area contributed by atoms with Gasteiger partial charge >= 0.3 is 17.9 Å². The van der Waals surface area contributed by atoms with E-state index in [0.29, 0.717) is 21.3 Å². The van der Waals surface area contributed by atoms with Gasteiger partial charge in [0.15, 0.2) is 0 Å². The van der Waals surface area contributed by atoms with E-state index in [0.717, 1.165) is 6.08 Å². The van der Waals surface area contributed by atoms with Crippen molar-refractivity contribution < 1.29 is 28.6 Å². The number of methoxy groups -OCH3 is 2. The Morgan fingerprint density at radius 2 is 1.88 bits per heavy atom. The molecule has 0 bridgehead atoms. The van der Waals surface area contributed by atoms with Crippen LogP contribution < -0.4 is 5.32 Å². The number of benzene rings is 1. The van der Waals surface area contributed by atoms with Crippen LogP contribution in [0.15, 0.2) is 28.4 Å². The van der Waals surface area contributed by atoms with Gasteiger partial charge in [-0.1, -0.05) is 0 Å². The van der Waals surface area contributed by atoms with Gasteiger partial charge in [0.25, 0.3) is 0 Å². The molecule has 0 atom stereocenters. The maximum Gasteiger partial charge on any atom is 0.354 e. The molecule has 8 heteroatoms. The number of rotatable bonds is 6. The molecule has 0 heterocycles. The summed E-state index contributed by atoms with van der Waals surface area (Å²) in [6.45, 7) is 3.72. The van der Waals surface area contributed by atoms with Gasteiger partial charge in [-0.05, 0) is 47.5 Å². The van der Waals surface area contributed by atoms with E-state index >= 15 is 0 Å². The number of hydrogen-bond acceptors (Lipinski definition) is 7. The molecule has 1 aromatic carbocycles. The molecule has 0 aliphatic rings. The summed E-state index contributed by atoms with van der Waals surface area (Å²) in [4.78, 5) is 35.0. The third-order valence-electron chi connectivity index (χ3n) is 2.93. The van der Waals surface area contributed by atoms with E-state index in [-0.39, 0.29) is 12.3 Å². The van der Waals surface area contributed by atoms with E-state index in [9.17, 15) is 14.4 Å². The molecule has 24 heavy (non-hydrogen) atoms. The fraction of sp³-hybridized carbons (Fsp3) is 0.312. The highest BCUT2D eigenvalue weighted by Gasteiger charge is 2.17. The highest BCUT2D eigenvalue weighted by molar-refractivity contribution is 9.10. The van der Waals surface area contributed by atoms with Gasteiger partial charge in [-0.3, -0.25) is 0 Å². The molecule has 0 aliphatic heterocycles. The molecule has 0 amide bonds. The number of ether oxygens (including phenoxy) is 3. The zero-order valence-corrected chi connectivity index (χ0v) is 15.4. The normalized spacial score (nSPS) is 10.8. The predicted molar refractivity (Wildman–Crippen MR) is 90.6 cm³/mol. The van der Waals surface area contributed by atoms with Crippen molar-refractivity contribution in [3.8, 4) is 0 Å². The Kier molecular flexibility index (Phi) is 7.44. The molecule has 0 saturated carbocycles. The topological polar surface area (TPSA) is 90.9 Å². The third kappa shape index (κ3) is 5.09. The molecule has 0 spiro atoms. The van der Waals surface area contributed by atoms with Crippen molar-refractivity contribution in [2.75, 3.05) is 26.1 Å². The van der Waals surface area contributed by atoms with Crippen LogP contribution in [0.25, 0.3) is 0 Å². The number of carbonyl (C=O) groups is 3. The summed E-state index contributed by atoms with van der Waals surface area (Å²) in [5, 5.41) is 2.82. The fourth-order valence-electron chi connectivity index (χ4n) is 1.80. The van der Waals surface area contributed by atoms with Gasteiger partial charge in [0.1, 0.15) is 5.70 Å². The lowest BCUT2D eigenvalue weighted by Crippen LogP contribution is -2.16. The Morgan fingerprint density at radius 3 is 2.38 bits per heavy atom. The fourth-order valence-corrected chi connectivity index (χ4v) is 2.46. The highest BCUT2D eigenvalue weighted by atomic mass is 79.9. The molecule has 1 rings (SSSR count). The quantitative estimate of drug-likeness (QED) is 0.446. The first-order valence-electron chi connectivity index (χ1n) is 6.96. The summed E-state index contributed by atoms with van der Waals surface area (Å²) < 4.78 is 14.6. The summed E-state index contributed by atoms with van der Waals surface area (Å²) in [6.07, 6.45) is 0.983. The molecule has 0 aromatic heterocycles. The second-order valence-corrected chi connectivity index (χ2v) is 5.42. The third-order valence-corrected chi connectivity index (χ3v) is 3.55. The lowest BCUT2D eigenvalue weighted by atomic mass is 10.1. The van der Waals surface area contributed by atoms with Crippen LogP contribution in [0.1, 0.15) is 22.8 Å². The average Bonchev–Trinajstić information content (AvgIpc) is 2.55. The lowest BCUT2D eigenvalue weighted by Gasteiger charge is -2.14. The van der Waals surface area contributed by atoms with Crippen LogP contribution >= 0.6 is 15.9 Å². The van der Waals surface area contributed by atoms with Gasteiger partial charge in [-0.2, -0.15) is 0 Å². The smallest absolute Gasteiger partial charge is 0.354 e. The molecule has 0 radical (unpaired) electrons. The number of carbonyl (C=O) groups excluding carboxylic acids is 3. The van der Waals surface area contributed by atoms with E-state index in [1.165, 1.54) is 14.2 Å². The van der Waals surface area contributed by atoms with Crippen molar-refractivity contribution in [3.05, 3.63) is 39.5 Å². The number of hydrogen-bond donors (Lipinski definition) is 1. The first-order valence-corrected chi connectivity index (χ1v) is 7.75. The number of halogens is 1. The summed E-state index contributed by atoms with van der Waals surface area (Å²) in [5.74, 6) is -1.90. The Morgan fingerprint density at radius 1 is 1.21 bits per heavy atom. The SMILES string of the molecule is CCOC(=O)c1cc(C)c(N/C(=C/C(=O)OC)C(=O)OC)c(Br)c1. The Balaban J connectivity index is 3.21. The number of anilines is 1. The van der Waals surface area contributed by atoms with Crippen LogP contribution in [-0.2, 0) is 23.8 Å². The van der Waals surface area contributed by atoms with Crippen molar-refractivity contribution in [3.63, 3.8) is 0 Å². The zero-order valence-electron chi connectivity index (χ0n) is 13.8. The summed E-state index contributed by atoms with van der Waals surface area (Å²) >= 11 is 3.33. The van der Waals surface area contributed by atoms with Crippen molar-refractivity contribution >= 4 is 39.5 Å². The minimum Gasteiger partial charge on any atom is -0.466 e. The number of nitrogens with one attached hydrogen (secondary N) is 1. The number of aryl methyl sites for hydroxylation is 1. The van der Waals surface area contributed by atoms with Crippen LogP contribution in [0.2, 0.25) is 0 Å². The van der Waals surface area contributed by atoms with Crippen LogP contribution in [0.4, 0.5) is 5.69 Å². The minimum absolute atomic E-state index is 0.1000. The highest BCUT2D eigenvalue weighted by Crippen LogP contribution is 2.29. The standard InChI is InChI=1S/C16H18BrNO6/c1-5-24-15(20)10-6-9(2)14(11(17)7-10)18-12(16(21)23-4)8-13(19)22-3/h6-8,18H,5H2,1-4H3/b12-8+. The van der Waals surface area contributed by atoms with E-state index in [1.54, 1.807) is 26.0 Å². The predicted octanol–water partition coefficient (Wildman–Crippen LogP) is 2.58. The van der Waals surface area contributed by atoms with Crippen LogP contribution in [0.5, 0.6) is 0 Å². The minimum atomic E-state index is -0.735. The van der Waals surface area contributed by atoms with E-state index < -0.39 is 17.9 Å². The molecule has 0 unspecified atom stereocenters. The molecule has 1 aromatic rings. The van der Waals surface area contributed by atoms with Gasteiger partial charge < -0.3 is 19.5 Å². The molecule has 130 valence electrons. The maximum atomic E-state index is 11.8. The molecular formula is C16H18BrNO6. The van der Waals surface area contributed by atoms with Crippen LogP contribution in [-0.4, -0.2) is 38.7 Å². The van der Waals surface area contributed by atoms with Gasteiger partial charge in [-0.15, -0.1) is 0 Å². The van der Waals surface area contributed by atoms with E-state index in [2.05, 4.69) is 30.7 Å². The van der Waals surface area contributed by atoms with Crippen molar-refractivity contribution in [1.82, 2.24) is 0 Å². The Hall–Kier alpha value is -2.35. The molecule has 1 N–H and O–H groups in total. The zero-order chi connectivity index (χ0) is 18.3.